The topological polar surface area (TPSA) is 105 Å². The maximum absolute atomic E-state index is 14.1. The van der Waals surface area contributed by atoms with Gasteiger partial charge < -0.3 is 29.7 Å². The fourth-order valence-corrected chi connectivity index (χ4v) is 6.73. The molecule has 264 valence electrons. The van der Waals surface area contributed by atoms with Crippen LogP contribution in [0.3, 0.4) is 0 Å². The average molecular weight is 672 g/mol. The quantitative estimate of drug-likeness (QED) is 0.231. The minimum atomic E-state index is -0.217. The van der Waals surface area contributed by atoms with Crippen molar-refractivity contribution in [3.05, 3.63) is 83.2 Å². The van der Waals surface area contributed by atoms with Crippen molar-refractivity contribution in [2.24, 2.45) is 5.92 Å². The first-order valence-electron chi connectivity index (χ1n) is 17.6. The van der Waals surface area contributed by atoms with Crippen molar-refractivity contribution in [3.63, 3.8) is 0 Å². The molecule has 5 rings (SSSR count). The van der Waals surface area contributed by atoms with Gasteiger partial charge in [0.1, 0.15) is 17.6 Å². The summed E-state index contributed by atoms with van der Waals surface area (Å²) in [7, 11) is 3.75. The molecule has 49 heavy (non-hydrogen) atoms. The molecule has 0 spiro atoms. The van der Waals surface area contributed by atoms with E-state index in [9.17, 15) is 9.59 Å². The van der Waals surface area contributed by atoms with Crippen LogP contribution in [0.2, 0.25) is 0 Å². The lowest BCUT2D eigenvalue weighted by Gasteiger charge is -2.34. The van der Waals surface area contributed by atoms with Crippen molar-refractivity contribution >= 4 is 17.6 Å². The van der Waals surface area contributed by atoms with Gasteiger partial charge in [0.25, 0.3) is 0 Å². The first-order chi connectivity index (χ1) is 23.7. The second-order valence-electron chi connectivity index (χ2n) is 13.8. The van der Waals surface area contributed by atoms with Crippen molar-refractivity contribution < 1.29 is 23.8 Å². The number of rotatable bonds is 12. The summed E-state index contributed by atoms with van der Waals surface area (Å²) < 4.78 is 18.2. The van der Waals surface area contributed by atoms with Crippen LogP contribution >= 0.6 is 0 Å². The highest BCUT2D eigenvalue weighted by Gasteiger charge is 2.31. The molecule has 3 aromatic rings. The van der Waals surface area contributed by atoms with Gasteiger partial charge in [-0.15, -0.1) is 0 Å². The number of aryl methyl sites for hydroxylation is 1. The number of urea groups is 1. The number of pyridine rings is 1. The van der Waals surface area contributed by atoms with Gasteiger partial charge in [-0.1, -0.05) is 38.3 Å². The third kappa shape index (κ3) is 10.4. The first-order valence-corrected chi connectivity index (χ1v) is 17.6. The molecular weight excluding hydrogens is 618 g/mol. The smallest absolute Gasteiger partial charge is 0.319 e. The molecule has 2 aromatic carbocycles. The zero-order chi connectivity index (χ0) is 34.8. The van der Waals surface area contributed by atoms with Gasteiger partial charge in [-0.25, -0.2) is 4.79 Å². The van der Waals surface area contributed by atoms with Crippen LogP contribution in [0, 0.1) is 12.8 Å². The number of ether oxygens (including phenoxy) is 3. The largest absolute Gasteiger partial charge is 0.497 e. The molecule has 1 aliphatic heterocycles. The lowest BCUT2D eigenvalue weighted by molar-refractivity contribution is -0.134. The highest BCUT2D eigenvalue weighted by Crippen LogP contribution is 2.30. The van der Waals surface area contributed by atoms with Gasteiger partial charge in [-0.05, 0) is 86.8 Å². The van der Waals surface area contributed by atoms with Crippen LogP contribution in [0.4, 0.5) is 10.5 Å². The minimum Gasteiger partial charge on any atom is -0.497 e. The van der Waals surface area contributed by atoms with E-state index in [0.29, 0.717) is 37.7 Å². The summed E-state index contributed by atoms with van der Waals surface area (Å²) >= 11 is 0. The molecule has 2 heterocycles. The second kappa shape index (κ2) is 17.5. The molecule has 2 N–H and O–H groups in total. The highest BCUT2D eigenvalue weighted by molar-refractivity contribution is 5.90. The molecule has 3 atom stereocenters. The monoisotopic (exact) mass is 671 g/mol. The molecule has 0 radical (unpaired) electrons. The standard InChI is InChI=1S/C39H53N5O5/c1-27-21-40-18-17-31(27)23-43(4)24-37-28(2)22-44(29(3)25-48-26-30-11-14-35(47-5)15-12-30)38(45)20-32-19-34(13-16-36(32)49-37)42-39(46)41-33-9-7-6-8-10-33/h11-19,21,28-29,33,37H,6-10,20,22-26H2,1-5H3,(H2,41,42,46)/t28-,29+,37+/m1/s1. The molecule has 2 aliphatic rings. The van der Waals surface area contributed by atoms with Gasteiger partial charge in [-0.2, -0.15) is 0 Å². The van der Waals surface area contributed by atoms with Crippen LogP contribution in [-0.4, -0.2) is 78.8 Å². The first kappa shape index (κ1) is 36.1. The van der Waals surface area contributed by atoms with E-state index in [1.807, 2.05) is 66.7 Å². The number of hydrogen-bond donors (Lipinski definition) is 2. The number of benzene rings is 2. The van der Waals surface area contributed by atoms with Crippen molar-refractivity contribution in [3.8, 4) is 11.5 Å². The molecule has 1 fully saturated rings. The molecule has 3 amide bonds. The summed E-state index contributed by atoms with van der Waals surface area (Å²) in [6.45, 7) is 9.05. The Morgan fingerprint density at radius 1 is 1.12 bits per heavy atom. The summed E-state index contributed by atoms with van der Waals surface area (Å²) in [5, 5.41) is 6.12. The summed E-state index contributed by atoms with van der Waals surface area (Å²) in [6.07, 6.45) is 9.20. The Morgan fingerprint density at radius 3 is 2.63 bits per heavy atom. The maximum Gasteiger partial charge on any atom is 0.319 e. The van der Waals surface area contributed by atoms with Crippen LogP contribution in [-0.2, 0) is 29.1 Å². The Bertz CT molecular complexity index is 1530. The van der Waals surface area contributed by atoms with Crippen molar-refractivity contribution in [1.29, 1.82) is 0 Å². The predicted octanol–water partition coefficient (Wildman–Crippen LogP) is 6.36. The third-order valence-electron chi connectivity index (χ3n) is 9.71. The Balaban J connectivity index is 1.33. The van der Waals surface area contributed by atoms with Crippen LogP contribution in [0.25, 0.3) is 0 Å². The predicted molar refractivity (Wildman–Crippen MR) is 192 cm³/mol. The molecule has 0 saturated heterocycles. The average Bonchev–Trinajstić information content (AvgIpc) is 3.13. The number of nitrogens with zero attached hydrogens (tertiary/aromatic N) is 3. The van der Waals surface area contributed by atoms with Gasteiger partial charge in [0.05, 0.1) is 32.8 Å². The Labute approximate surface area is 291 Å². The number of fused-ring (bicyclic) bond motifs is 1. The lowest BCUT2D eigenvalue weighted by Crippen LogP contribution is -2.47. The number of carbonyl (C=O) groups excluding carboxylic acids is 2. The van der Waals surface area contributed by atoms with Crippen LogP contribution < -0.4 is 20.1 Å². The van der Waals surface area contributed by atoms with Crippen LogP contribution in [0.1, 0.15) is 68.2 Å². The van der Waals surface area contributed by atoms with Crippen molar-refractivity contribution in [1.82, 2.24) is 20.1 Å². The Hall–Kier alpha value is -4.15. The molecule has 10 nitrogen and oxygen atoms in total. The molecule has 1 saturated carbocycles. The fourth-order valence-electron chi connectivity index (χ4n) is 6.73. The molecule has 0 bridgehead atoms. The summed E-state index contributed by atoms with van der Waals surface area (Å²) in [5.74, 6) is 1.50. The van der Waals surface area contributed by atoms with Gasteiger partial charge in [0.15, 0.2) is 0 Å². The van der Waals surface area contributed by atoms with E-state index in [1.54, 1.807) is 7.11 Å². The van der Waals surface area contributed by atoms with E-state index >= 15 is 0 Å². The molecule has 0 unspecified atom stereocenters. The zero-order valence-corrected chi connectivity index (χ0v) is 29.7. The number of likely N-dealkylation sites (N-methyl/N-ethyl adjacent to an activating group) is 1. The number of carbonyl (C=O) groups is 2. The van der Waals surface area contributed by atoms with Gasteiger partial charge >= 0.3 is 6.03 Å². The summed E-state index contributed by atoms with van der Waals surface area (Å²) in [6, 6.07) is 15.3. The van der Waals surface area contributed by atoms with E-state index in [0.717, 1.165) is 54.7 Å². The van der Waals surface area contributed by atoms with E-state index in [1.165, 1.54) is 12.0 Å². The lowest BCUT2D eigenvalue weighted by atomic mass is 9.96. The van der Waals surface area contributed by atoms with Crippen molar-refractivity contribution in [2.75, 3.05) is 39.2 Å². The van der Waals surface area contributed by atoms with Crippen LogP contribution in [0.5, 0.6) is 11.5 Å². The van der Waals surface area contributed by atoms with Crippen LogP contribution in [0.15, 0.2) is 60.9 Å². The SMILES string of the molecule is COc1ccc(COC[C@H](C)N2C[C@@H](C)[C@H](CN(C)Cc3ccncc3C)Oc3ccc(NC(=O)NC4CCCCC4)cc3CC2=O)cc1. The normalized spacial score (nSPS) is 19.2. The third-order valence-corrected chi connectivity index (χ3v) is 9.71. The molecule has 10 heteroatoms. The number of nitrogens with one attached hydrogen (secondary N) is 2. The number of hydrogen-bond acceptors (Lipinski definition) is 7. The number of methoxy groups -OCH3 is 1. The maximum atomic E-state index is 14.1. The van der Waals surface area contributed by atoms with E-state index in [2.05, 4.69) is 47.5 Å². The fraction of sp³-hybridized carbons (Fsp3) is 0.513. The van der Waals surface area contributed by atoms with Gasteiger partial charge in [-0.3, -0.25) is 14.7 Å². The number of aromatic nitrogens is 1. The van der Waals surface area contributed by atoms with E-state index in [4.69, 9.17) is 14.2 Å². The highest BCUT2D eigenvalue weighted by atomic mass is 16.5. The Kier molecular flexibility index (Phi) is 12.9. The van der Waals surface area contributed by atoms with E-state index in [-0.39, 0.29) is 42.5 Å². The second-order valence-corrected chi connectivity index (χ2v) is 13.8. The molecular formula is C39H53N5O5. The van der Waals surface area contributed by atoms with Gasteiger partial charge in [0.2, 0.25) is 5.91 Å². The summed E-state index contributed by atoms with van der Waals surface area (Å²) in [4.78, 5) is 35.4. The molecule has 1 aromatic heterocycles. The number of anilines is 1. The van der Waals surface area contributed by atoms with E-state index < -0.39 is 0 Å². The number of amides is 3. The minimum absolute atomic E-state index is 0.00229. The summed E-state index contributed by atoms with van der Waals surface area (Å²) in [5.41, 5.74) is 4.80. The molecule has 1 aliphatic carbocycles. The van der Waals surface area contributed by atoms with Crippen molar-refractivity contribution in [2.45, 2.75) is 90.6 Å². The van der Waals surface area contributed by atoms with Gasteiger partial charge in [0, 0.05) is 55.2 Å². The Morgan fingerprint density at radius 2 is 1.90 bits per heavy atom. The zero-order valence-electron chi connectivity index (χ0n) is 29.7.